The number of sulfone groups is 1. The Bertz CT molecular complexity index is 731. The van der Waals surface area contributed by atoms with E-state index in [0.717, 1.165) is 31.4 Å². The highest BCUT2D eigenvalue weighted by Gasteiger charge is 2.51. The lowest BCUT2D eigenvalue weighted by Gasteiger charge is -2.27. The molecule has 1 saturated carbocycles. The van der Waals surface area contributed by atoms with Crippen LogP contribution in [0.1, 0.15) is 36.5 Å². The maximum absolute atomic E-state index is 13.8. The number of aliphatic hydroxyl groups is 1. The molecule has 1 fully saturated rings. The second-order valence-corrected chi connectivity index (χ2v) is 7.66. The van der Waals surface area contributed by atoms with Crippen LogP contribution >= 0.6 is 0 Å². The quantitative estimate of drug-likeness (QED) is 0.823. The van der Waals surface area contributed by atoms with E-state index in [1.54, 1.807) is 0 Å². The Morgan fingerprint density at radius 3 is 2.38 bits per heavy atom. The lowest BCUT2D eigenvalue weighted by atomic mass is 9.96. The van der Waals surface area contributed by atoms with Crippen molar-refractivity contribution < 1.29 is 40.5 Å². The molecule has 1 aromatic rings. The van der Waals surface area contributed by atoms with Gasteiger partial charge in [-0.3, -0.25) is 4.70 Å². The maximum atomic E-state index is 13.8. The van der Waals surface area contributed by atoms with Gasteiger partial charge >= 0.3 is 5.76 Å². The fourth-order valence-electron chi connectivity index (χ4n) is 2.77. The summed E-state index contributed by atoms with van der Waals surface area (Å²) >= 11 is 0. The number of rotatable bonds is 4. The molecular formula is C14H15F5O4S. The average molecular weight is 374 g/mol. The third-order valence-corrected chi connectivity index (χ3v) is 5.69. The molecule has 1 aromatic carbocycles. The van der Waals surface area contributed by atoms with Gasteiger partial charge in [0.2, 0.25) is 9.84 Å². The number of hydrogen-bond acceptors (Lipinski definition) is 4. The molecule has 0 spiro atoms. The minimum Gasteiger partial charge on any atom is -0.490 e. The van der Waals surface area contributed by atoms with Crippen LogP contribution in [0.4, 0.5) is 22.3 Å². The lowest BCUT2D eigenvalue weighted by Crippen LogP contribution is -2.25. The van der Waals surface area contributed by atoms with Crippen molar-refractivity contribution in [2.75, 3.05) is 0 Å². The Balaban J connectivity index is 0.00000208. The number of fused-ring (bicyclic) bond motifs is 1. The predicted octanol–water partition coefficient (Wildman–Crippen LogP) is 2.99. The van der Waals surface area contributed by atoms with Crippen molar-refractivity contribution >= 4 is 9.84 Å². The Morgan fingerprint density at radius 1 is 1.25 bits per heavy atom. The highest BCUT2D eigenvalue weighted by Crippen LogP contribution is 2.50. The van der Waals surface area contributed by atoms with E-state index >= 15 is 0 Å². The summed E-state index contributed by atoms with van der Waals surface area (Å²) in [4.78, 5) is -0.965. The highest BCUT2D eigenvalue weighted by molar-refractivity contribution is 7.91. The number of alkyl halides is 4. The Hall–Kier alpha value is -1.42. The zero-order valence-electron chi connectivity index (χ0n) is 12.2. The summed E-state index contributed by atoms with van der Waals surface area (Å²) < 4.78 is 82.1. The van der Waals surface area contributed by atoms with Crippen molar-refractivity contribution in [3.63, 3.8) is 0 Å². The Morgan fingerprint density at radius 2 is 1.88 bits per heavy atom. The molecule has 3 rings (SSSR count). The van der Waals surface area contributed by atoms with Gasteiger partial charge in [0.05, 0.1) is 11.0 Å². The van der Waals surface area contributed by atoms with Gasteiger partial charge in [-0.25, -0.2) is 17.2 Å². The van der Waals surface area contributed by atoms with E-state index in [2.05, 4.69) is 0 Å². The molecule has 0 radical (unpaired) electrons. The topological polar surface area (TPSA) is 63.6 Å². The number of hydrogen-bond donors (Lipinski definition) is 1. The van der Waals surface area contributed by atoms with E-state index in [9.17, 15) is 31.1 Å². The maximum Gasteiger partial charge on any atom is 0.341 e. The van der Waals surface area contributed by atoms with Crippen LogP contribution in [0.2, 0.25) is 0 Å². The second kappa shape index (κ2) is 6.14. The zero-order valence-corrected chi connectivity index (χ0v) is 13.0. The van der Waals surface area contributed by atoms with Crippen molar-refractivity contribution in [3.8, 4) is 5.75 Å². The van der Waals surface area contributed by atoms with Gasteiger partial charge < -0.3 is 9.84 Å². The van der Waals surface area contributed by atoms with Crippen LogP contribution in [0.25, 0.3) is 0 Å². The summed E-state index contributed by atoms with van der Waals surface area (Å²) in [5.74, 6) is -7.37. The molecule has 4 nitrogen and oxygen atoms in total. The van der Waals surface area contributed by atoms with Crippen LogP contribution in [-0.4, -0.2) is 31.3 Å². The van der Waals surface area contributed by atoms with E-state index in [4.69, 9.17) is 4.74 Å². The van der Waals surface area contributed by atoms with Gasteiger partial charge in [0.25, 0.3) is 5.92 Å². The predicted molar refractivity (Wildman–Crippen MR) is 74.0 cm³/mol. The molecule has 0 amide bonds. The normalized spacial score (nSPS) is 22.7. The van der Waals surface area contributed by atoms with Crippen molar-refractivity contribution in [2.45, 2.75) is 54.5 Å². The van der Waals surface area contributed by atoms with Crippen molar-refractivity contribution in [1.29, 1.82) is 0 Å². The molecule has 136 valence electrons. The van der Waals surface area contributed by atoms with E-state index in [0.29, 0.717) is 0 Å². The fourth-order valence-corrected chi connectivity index (χ4v) is 3.76. The lowest BCUT2D eigenvalue weighted by molar-refractivity contribution is -0.0977. The minimum atomic E-state index is -5.10. The zero-order chi connectivity index (χ0) is 17.0. The summed E-state index contributed by atoms with van der Waals surface area (Å²) in [5.41, 5.74) is -0.886. The van der Waals surface area contributed by atoms with Gasteiger partial charge in [0.15, 0.2) is 0 Å². The average Bonchev–Trinajstić information content (AvgIpc) is 2.65. The van der Waals surface area contributed by atoms with E-state index in [1.807, 2.05) is 0 Å². The molecule has 24 heavy (non-hydrogen) atoms. The molecule has 0 bridgehead atoms. The van der Waals surface area contributed by atoms with Gasteiger partial charge in [0.1, 0.15) is 11.9 Å². The monoisotopic (exact) mass is 374 g/mol. The molecule has 1 N–H and O–H groups in total. The van der Waals surface area contributed by atoms with Crippen LogP contribution in [0.5, 0.6) is 5.75 Å². The summed E-state index contributed by atoms with van der Waals surface area (Å²) in [6.07, 6.45) is -1.15. The molecule has 0 aliphatic heterocycles. The second-order valence-electron chi connectivity index (χ2n) is 5.77. The van der Waals surface area contributed by atoms with Crippen molar-refractivity contribution in [3.05, 3.63) is 23.3 Å². The largest absolute Gasteiger partial charge is 0.490 e. The molecule has 1 atom stereocenters. The smallest absolute Gasteiger partial charge is 0.341 e. The fraction of sp³-hybridized carbons (Fsp3) is 0.571. The highest BCUT2D eigenvalue weighted by atomic mass is 32.2. The van der Waals surface area contributed by atoms with Crippen LogP contribution in [0.3, 0.4) is 0 Å². The van der Waals surface area contributed by atoms with E-state index < -0.39 is 44.5 Å². The SMILES string of the molecule is F.O=S(=O)(c1ccc(OC2CCC2)c2c1C(O)C(F)(F)C2)C(F)F. The molecule has 2 aliphatic rings. The van der Waals surface area contributed by atoms with Crippen LogP contribution in [0.15, 0.2) is 17.0 Å². The molecule has 1 unspecified atom stereocenters. The van der Waals surface area contributed by atoms with Gasteiger partial charge in [-0.05, 0) is 31.4 Å². The molecule has 0 saturated heterocycles. The number of ether oxygens (including phenoxy) is 1. The number of aliphatic hydroxyl groups excluding tert-OH is 1. The minimum absolute atomic E-state index is 0. The summed E-state index contributed by atoms with van der Waals surface area (Å²) in [7, 11) is -5.10. The standard InChI is InChI=1S/C14H14F4O4S.FH/c15-13(16)23(20,21)10-5-4-9(22-7-2-1-3-7)8-6-14(17,18)12(19)11(8)10;/h4-5,7,12-13,19H,1-3,6H2;1H. The molecule has 0 aromatic heterocycles. The Kier molecular flexibility index (Phi) is 4.84. The Labute approximate surface area is 134 Å². The third kappa shape index (κ3) is 2.85. The number of benzene rings is 1. The van der Waals surface area contributed by atoms with Crippen LogP contribution < -0.4 is 4.74 Å². The van der Waals surface area contributed by atoms with Gasteiger partial charge in [-0.15, -0.1) is 0 Å². The molecule has 10 heteroatoms. The van der Waals surface area contributed by atoms with E-state index in [1.165, 1.54) is 0 Å². The first-order valence-electron chi connectivity index (χ1n) is 7.05. The first kappa shape index (κ1) is 18.9. The molecule has 2 aliphatic carbocycles. The van der Waals surface area contributed by atoms with Gasteiger partial charge in [-0.1, -0.05) is 0 Å². The summed E-state index contributed by atoms with van der Waals surface area (Å²) in [6, 6.07) is 1.92. The summed E-state index contributed by atoms with van der Waals surface area (Å²) in [5, 5.41) is 9.75. The van der Waals surface area contributed by atoms with Crippen LogP contribution in [-0.2, 0) is 16.3 Å². The van der Waals surface area contributed by atoms with Crippen molar-refractivity contribution in [1.82, 2.24) is 0 Å². The first-order valence-corrected chi connectivity index (χ1v) is 8.59. The van der Waals surface area contributed by atoms with Crippen LogP contribution in [0, 0.1) is 0 Å². The third-order valence-electron chi connectivity index (χ3n) is 4.25. The van der Waals surface area contributed by atoms with Crippen molar-refractivity contribution in [2.24, 2.45) is 0 Å². The van der Waals surface area contributed by atoms with Gasteiger partial charge in [0, 0.05) is 17.5 Å². The molecular weight excluding hydrogens is 359 g/mol. The summed E-state index contributed by atoms with van der Waals surface area (Å²) in [6.45, 7) is 0. The number of halogens is 5. The first-order chi connectivity index (χ1) is 10.6. The molecule has 0 heterocycles. The van der Waals surface area contributed by atoms with E-state index in [-0.39, 0.29) is 22.1 Å². The van der Waals surface area contributed by atoms with Gasteiger partial charge in [-0.2, -0.15) is 8.78 Å².